The SMILES string of the molecule is CC(C)Oc1cc([C@H](Cc2c(Cl)c[n+](O)cc2Cl)c2cc(CNC(C(=O)O[C@H]3CN4CCC3CC4)c3ccccc3F)ccc2C(=O)[O-])ccc1OC(F)F. The molecular weight excluding hydrogens is 762 g/mol. The summed E-state index contributed by atoms with van der Waals surface area (Å²) >= 11 is 13.1. The summed E-state index contributed by atoms with van der Waals surface area (Å²) in [6, 6.07) is 13.5. The van der Waals surface area contributed by atoms with Gasteiger partial charge in [-0.05, 0) is 87.0 Å². The fraction of sp³-hybridized carbons (Fsp3) is 0.375. The second-order valence-corrected chi connectivity index (χ2v) is 14.8. The number of carboxylic acid groups (broad SMARTS) is 1. The molecular formula is C40H40Cl2F3N3O7. The third kappa shape index (κ3) is 9.64. The van der Waals surface area contributed by atoms with Gasteiger partial charge in [-0.3, -0.25) is 15.4 Å². The largest absolute Gasteiger partial charge is 0.545 e. The number of pyridine rings is 1. The number of alkyl halides is 2. The van der Waals surface area contributed by atoms with Crippen LogP contribution in [0.5, 0.6) is 11.5 Å². The van der Waals surface area contributed by atoms with E-state index >= 15 is 4.39 Å². The molecule has 55 heavy (non-hydrogen) atoms. The molecule has 0 amide bonds. The number of halogens is 5. The Labute approximate surface area is 326 Å². The normalized spacial score (nSPS) is 19.0. The van der Waals surface area contributed by atoms with Crippen molar-refractivity contribution in [3.63, 3.8) is 0 Å². The summed E-state index contributed by atoms with van der Waals surface area (Å²) in [7, 11) is 0. The van der Waals surface area contributed by atoms with Crippen molar-refractivity contribution < 1.29 is 52.0 Å². The Morgan fingerprint density at radius 1 is 0.982 bits per heavy atom. The number of fused-ring (bicyclic) bond motifs is 3. The standard InChI is InChI=1S/C40H40Cl2F3N3O7/c1-22(2)53-35-16-25(8-10-34(35)55-40(44)45)28(17-30-31(41)19-48(52)20-32(30)42)29-15-23(7-9-26(29)38(49)50)18-46-37(27-5-3-4-6-33(27)43)39(51)54-36-21-47-13-11-24(36)12-14-47/h3-10,15-16,19-20,22,24,28,36-37,40,46H,11-14,17-18,21H2,1-2H3,(H-,49,50,52)/t28-,36-,37?/m0/s1. The van der Waals surface area contributed by atoms with E-state index in [0.29, 0.717) is 28.0 Å². The molecule has 3 atom stereocenters. The van der Waals surface area contributed by atoms with E-state index in [4.69, 9.17) is 37.4 Å². The van der Waals surface area contributed by atoms with Gasteiger partial charge in [0.05, 0.1) is 12.1 Å². The maximum atomic E-state index is 15.2. The lowest BCUT2D eigenvalue weighted by Crippen LogP contribution is -2.52. The number of benzene rings is 3. The van der Waals surface area contributed by atoms with Crippen LogP contribution < -0.4 is 24.6 Å². The number of esters is 1. The van der Waals surface area contributed by atoms with Crippen molar-refractivity contribution >= 4 is 35.1 Å². The Kier molecular flexibility index (Phi) is 12.8. The zero-order valence-corrected chi connectivity index (χ0v) is 31.5. The van der Waals surface area contributed by atoms with Crippen molar-refractivity contribution in [1.29, 1.82) is 0 Å². The van der Waals surface area contributed by atoms with Gasteiger partial charge >= 0.3 is 12.6 Å². The van der Waals surface area contributed by atoms with Crippen LogP contribution in [0.15, 0.2) is 73.1 Å². The van der Waals surface area contributed by atoms with Gasteiger partial charge in [-0.25, -0.2) is 9.18 Å². The smallest absolute Gasteiger partial charge is 0.387 e. The number of nitrogens with zero attached hydrogens (tertiary/aromatic N) is 2. The van der Waals surface area contributed by atoms with Gasteiger partial charge in [0.25, 0.3) is 0 Å². The van der Waals surface area contributed by atoms with Crippen molar-refractivity contribution in [2.45, 2.75) is 70.4 Å². The van der Waals surface area contributed by atoms with Crippen LogP contribution in [0.3, 0.4) is 0 Å². The first-order chi connectivity index (χ1) is 26.3. The Balaban J connectivity index is 1.39. The molecule has 3 aliphatic rings. The van der Waals surface area contributed by atoms with Gasteiger partial charge in [-0.2, -0.15) is 8.78 Å². The van der Waals surface area contributed by atoms with E-state index in [0.717, 1.165) is 25.9 Å². The van der Waals surface area contributed by atoms with E-state index in [1.807, 2.05) is 0 Å². The number of carbonyl (C=O) groups excluding carboxylic acids is 2. The molecule has 3 saturated heterocycles. The molecule has 0 radical (unpaired) electrons. The van der Waals surface area contributed by atoms with Gasteiger partial charge in [0, 0.05) is 40.4 Å². The molecule has 292 valence electrons. The quantitative estimate of drug-likeness (QED) is 0.0816. The van der Waals surface area contributed by atoms with E-state index in [2.05, 4.69) is 10.2 Å². The molecule has 3 fully saturated rings. The van der Waals surface area contributed by atoms with Crippen LogP contribution in [0.1, 0.15) is 76.8 Å². The predicted octanol–water partition coefficient (Wildman–Crippen LogP) is 6.25. The molecule has 10 nitrogen and oxygen atoms in total. The van der Waals surface area contributed by atoms with Crippen molar-refractivity contribution in [3.8, 4) is 11.5 Å². The van der Waals surface area contributed by atoms with Gasteiger partial charge in [-0.15, -0.1) is 0 Å². The average Bonchev–Trinajstić information content (AvgIpc) is 3.13. The number of rotatable bonds is 15. The highest BCUT2D eigenvalue weighted by molar-refractivity contribution is 6.35. The monoisotopic (exact) mass is 801 g/mol. The van der Waals surface area contributed by atoms with Crippen LogP contribution in [-0.4, -0.2) is 60.5 Å². The van der Waals surface area contributed by atoms with E-state index < -0.39 is 42.4 Å². The lowest BCUT2D eigenvalue weighted by Gasteiger charge is -2.44. The minimum Gasteiger partial charge on any atom is -0.545 e. The van der Waals surface area contributed by atoms with E-state index in [9.17, 15) is 28.7 Å². The molecule has 0 spiro atoms. The van der Waals surface area contributed by atoms with Crippen molar-refractivity contribution in [3.05, 3.63) is 122 Å². The molecule has 2 N–H and O–H groups in total. The van der Waals surface area contributed by atoms with Crippen LogP contribution >= 0.6 is 23.2 Å². The number of aromatic carboxylic acids is 1. The molecule has 2 bridgehead atoms. The summed E-state index contributed by atoms with van der Waals surface area (Å²) in [5.74, 6) is -3.63. The second-order valence-electron chi connectivity index (χ2n) is 14.0. The lowest BCUT2D eigenvalue weighted by molar-refractivity contribution is -0.904. The molecule has 3 aromatic carbocycles. The number of hydrogen-bond donors (Lipinski definition) is 2. The maximum Gasteiger partial charge on any atom is 0.387 e. The number of carbonyl (C=O) groups is 2. The van der Waals surface area contributed by atoms with E-state index in [1.165, 1.54) is 54.9 Å². The highest BCUT2D eigenvalue weighted by Crippen LogP contribution is 2.40. The Morgan fingerprint density at radius 3 is 2.31 bits per heavy atom. The Hall–Kier alpha value is -4.56. The topological polar surface area (TPSA) is 124 Å². The fourth-order valence-corrected chi connectivity index (χ4v) is 7.94. The first kappa shape index (κ1) is 40.1. The van der Waals surface area contributed by atoms with Gasteiger partial charge in [-0.1, -0.05) is 65.7 Å². The highest BCUT2D eigenvalue weighted by atomic mass is 35.5. The Morgan fingerprint density at radius 2 is 1.69 bits per heavy atom. The number of piperidine rings is 3. The molecule has 1 unspecified atom stereocenters. The second kappa shape index (κ2) is 17.5. The summed E-state index contributed by atoms with van der Waals surface area (Å²) in [5.41, 5.74) is 1.40. The summed E-state index contributed by atoms with van der Waals surface area (Å²) in [6.07, 6.45) is 3.46. The van der Waals surface area contributed by atoms with Crippen molar-refractivity contribution in [2.75, 3.05) is 19.6 Å². The highest BCUT2D eigenvalue weighted by Gasteiger charge is 2.38. The molecule has 3 aliphatic heterocycles. The van der Waals surface area contributed by atoms with Crippen LogP contribution in [0.25, 0.3) is 0 Å². The average molecular weight is 803 g/mol. The summed E-state index contributed by atoms with van der Waals surface area (Å²) in [4.78, 5) is 28.7. The van der Waals surface area contributed by atoms with Crippen LogP contribution in [0.4, 0.5) is 13.2 Å². The van der Waals surface area contributed by atoms with Crippen LogP contribution in [0, 0.1) is 11.7 Å². The van der Waals surface area contributed by atoms with Gasteiger partial charge in [0.15, 0.2) is 11.5 Å². The molecule has 0 aliphatic carbocycles. The fourth-order valence-electron chi connectivity index (χ4n) is 7.33. The van der Waals surface area contributed by atoms with Crippen LogP contribution in [-0.2, 0) is 22.5 Å². The van der Waals surface area contributed by atoms with Crippen LogP contribution in [0.2, 0.25) is 10.0 Å². The number of hydrogen-bond acceptors (Lipinski definition) is 9. The molecule has 4 heterocycles. The predicted molar refractivity (Wildman–Crippen MR) is 194 cm³/mol. The number of carboxylic acids is 1. The van der Waals surface area contributed by atoms with Gasteiger partial charge in [0.1, 0.15) is 28.0 Å². The van der Waals surface area contributed by atoms with Gasteiger partial charge < -0.3 is 24.1 Å². The first-order valence-electron chi connectivity index (χ1n) is 17.9. The minimum absolute atomic E-state index is 0.0155. The van der Waals surface area contributed by atoms with E-state index in [-0.39, 0.29) is 63.2 Å². The van der Waals surface area contributed by atoms with Gasteiger partial charge in [0.2, 0.25) is 12.4 Å². The number of aromatic nitrogens is 1. The van der Waals surface area contributed by atoms with Crippen molar-refractivity contribution in [2.24, 2.45) is 5.92 Å². The minimum atomic E-state index is -3.14. The zero-order chi connectivity index (χ0) is 39.4. The van der Waals surface area contributed by atoms with E-state index in [1.54, 1.807) is 32.0 Å². The summed E-state index contributed by atoms with van der Waals surface area (Å²) in [5, 5.41) is 26.0. The van der Waals surface area contributed by atoms with Crippen molar-refractivity contribution in [1.82, 2.24) is 10.2 Å². The summed E-state index contributed by atoms with van der Waals surface area (Å²) in [6.45, 7) is 2.75. The molecule has 1 aromatic heterocycles. The third-order valence-corrected chi connectivity index (χ3v) is 10.6. The maximum absolute atomic E-state index is 15.2. The molecule has 4 aromatic rings. The molecule has 7 rings (SSSR count). The summed E-state index contributed by atoms with van der Waals surface area (Å²) < 4.78 is 59.2. The molecule has 15 heteroatoms. The third-order valence-electron chi connectivity index (χ3n) is 9.96. The molecule has 0 saturated carbocycles. The number of nitrogens with one attached hydrogen (secondary N) is 1. The Bertz CT molecular complexity index is 2010. The first-order valence-corrected chi connectivity index (χ1v) is 18.6. The number of ether oxygens (including phenoxy) is 3. The zero-order valence-electron chi connectivity index (χ0n) is 30.0. The lowest BCUT2D eigenvalue weighted by atomic mass is 9.82.